The Kier molecular flexibility index (Phi) is 8.19. The molecule has 0 bridgehead atoms. The SMILES string of the molecule is CC[C@H](NC1OC1[C@@H](NC(=O)c1ccc(-c2ccccc2Cl)cc1)C1CCCCC1)C(=O)c1nc2ccccc2o1. The maximum absolute atomic E-state index is 13.4. The molecule has 7 nitrogen and oxygen atoms in total. The molecule has 3 aromatic carbocycles. The van der Waals surface area contributed by atoms with Gasteiger partial charge in [0.2, 0.25) is 5.78 Å². The summed E-state index contributed by atoms with van der Waals surface area (Å²) in [5.74, 6) is 0.0878. The molecule has 1 aliphatic heterocycles. The zero-order chi connectivity index (χ0) is 28.3. The third-order valence-corrected chi connectivity index (χ3v) is 8.59. The topological polar surface area (TPSA) is 96.8 Å². The van der Waals surface area contributed by atoms with Crippen LogP contribution < -0.4 is 10.6 Å². The second kappa shape index (κ2) is 12.1. The first-order chi connectivity index (χ1) is 20.0. The van der Waals surface area contributed by atoms with Crippen LogP contribution in [0.25, 0.3) is 22.2 Å². The van der Waals surface area contributed by atoms with E-state index in [0.29, 0.717) is 34.0 Å². The number of carbonyl (C=O) groups excluding carboxylic acids is 2. The van der Waals surface area contributed by atoms with Gasteiger partial charge in [-0.05, 0) is 61.1 Å². The molecule has 2 fully saturated rings. The van der Waals surface area contributed by atoms with Crippen molar-refractivity contribution in [2.24, 2.45) is 5.92 Å². The van der Waals surface area contributed by atoms with Crippen molar-refractivity contribution in [3.63, 3.8) is 0 Å². The molecule has 4 atom stereocenters. The number of amides is 1. The molecule has 2 N–H and O–H groups in total. The standard InChI is InChI=1S/C33H34ClN3O4/c1-2-25(29(38)32-36-26-14-8-9-15-27(26)40-32)35-33-30(41-33)28(21-10-4-3-5-11-21)37-31(39)22-18-16-20(17-19-22)23-12-6-7-13-24(23)34/h6-9,12-19,21,25,28,30,33,35H,2-5,10-11H2,1H3,(H,37,39)/t25-,28-,30?,33?/m0/s1. The molecule has 2 aliphatic rings. The number of epoxide rings is 1. The molecule has 212 valence electrons. The summed E-state index contributed by atoms with van der Waals surface area (Å²) in [6, 6.07) is 21.9. The van der Waals surface area contributed by atoms with Crippen LogP contribution in [0.15, 0.2) is 77.2 Å². The minimum atomic E-state index is -0.502. The lowest BCUT2D eigenvalue weighted by atomic mass is 9.82. The molecule has 1 amide bonds. The van der Waals surface area contributed by atoms with Gasteiger partial charge in [-0.2, -0.15) is 0 Å². The number of halogens is 1. The fraction of sp³-hybridized carbons (Fsp3) is 0.364. The number of benzene rings is 3. The van der Waals surface area contributed by atoms with E-state index < -0.39 is 6.04 Å². The number of nitrogens with one attached hydrogen (secondary N) is 2. The first-order valence-electron chi connectivity index (χ1n) is 14.5. The van der Waals surface area contributed by atoms with Gasteiger partial charge in [0, 0.05) is 16.1 Å². The van der Waals surface area contributed by atoms with Gasteiger partial charge in [0.1, 0.15) is 17.8 Å². The van der Waals surface area contributed by atoms with Crippen LogP contribution >= 0.6 is 11.6 Å². The number of nitrogens with zero attached hydrogens (tertiary/aromatic N) is 1. The molecule has 2 heterocycles. The summed E-state index contributed by atoms with van der Waals surface area (Å²) in [5.41, 5.74) is 3.72. The van der Waals surface area contributed by atoms with Crippen LogP contribution in [0.4, 0.5) is 0 Å². The van der Waals surface area contributed by atoms with Crippen LogP contribution in [0.5, 0.6) is 0 Å². The van der Waals surface area contributed by atoms with E-state index in [0.717, 1.165) is 36.8 Å². The van der Waals surface area contributed by atoms with Crippen molar-refractivity contribution in [1.29, 1.82) is 0 Å². The summed E-state index contributed by atoms with van der Waals surface area (Å²) in [7, 11) is 0. The van der Waals surface area contributed by atoms with E-state index in [1.54, 1.807) is 6.07 Å². The smallest absolute Gasteiger partial charge is 0.265 e. The first-order valence-corrected chi connectivity index (χ1v) is 14.9. The van der Waals surface area contributed by atoms with Gasteiger partial charge >= 0.3 is 0 Å². The minimum absolute atomic E-state index is 0.0973. The number of fused-ring (bicyclic) bond motifs is 1. The molecule has 1 aromatic heterocycles. The molecular formula is C33H34ClN3O4. The number of ketones is 1. The largest absolute Gasteiger partial charge is 0.434 e. The molecular weight excluding hydrogens is 538 g/mol. The maximum Gasteiger partial charge on any atom is 0.265 e. The number of aromatic nitrogens is 1. The Labute approximate surface area is 244 Å². The first kappa shape index (κ1) is 27.6. The van der Waals surface area contributed by atoms with Crippen LogP contribution in [0.2, 0.25) is 5.02 Å². The Balaban J connectivity index is 1.14. The molecule has 1 aliphatic carbocycles. The monoisotopic (exact) mass is 571 g/mol. The molecule has 0 spiro atoms. The van der Waals surface area contributed by atoms with Gasteiger partial charge in [0.05, 0.1) is 12.1 Å². The van der Waals surface area contributed by atoms with E-state index in [4.69, 9.17) is 20.8 Å². The van der Waals surface area contributed by atoms with Gasteiger partial charge in [-0.3, -0.25) is 14.9 Å². The fourth-order valence-corrected chi connectivity index (χ4v) is 6.17. The number of hydrogen-bond donors (Lipinski definition) is 2. The Bertz CT molecular complexity index is 1500. The lowest BCUT2D eigenvalue weighted by molar-refractivity contribution is 0.0892. The zero-order valence-electron chi connectivity index (χ0n) is 23.0. The Hall–Kier alpha value is -3.52. The van der Waals surface area contributed by atoms with Gasteiger partial charge in [0.25, 0.3) is 11.8 Å². The zero-order valence-corrected chi connectivity index (χ0v) is 23.8. The van der Waals surface area contributed by atoms with Crippen LogP contribution in [-0.2, 0) is 4.74 Å². The molecule has 1 saturated carbocycles. The van der Waals surface area contributed by atoms with Crippen LogP contribution in [0.3, 0.4) is 0 Å². The Morgan fingerprint density at radius 1 is 0.976 bits per heavy atom. The predicted molar refractivity (Wildman–Crippen MR) is 159 cm³/mol. The highest BCUT2D eigenvalue weighted by Gasteiger charge is 2.50. The van der Waals surface area contributed by atoms with E-state index in [2.05, 4.69) is 15.6 Å². The molecule has 4 aromatic rings. The van der Waals surface area contributed by atoms with Crippen LogP contribution in [-0.4, -0.2) is 41.1 Å². The third kappa shape index (κ3) is 6.08. The average Bonchev–Trinajstić information content (AvgIpc) is 3.64. The quantitative estimate of drug-likeness (QED) is 0.160. The van der Waals surface area contributed by atoms with Gasteiger partial charge in [-0.25, -0.2) is 4.98 Å². The fourth-order valence-electron chi connectivity index (χ4n) is 5.93. The third-order valence-electron chi connectivity index (χ3n) is 8.26. The number of carbonyl (C=O) groups is 2. The highest BCUT2D eigenvalue weighted by Crippen LogP contribution is 2.36. The maximum atomic E-state index is 13.4. The van der Waals surface area contributed by atoms with Crippen molar-refractivity contribution < 1.29 is 18.7 Å². The number of Topliss-reactive ketones (excluding diaryl/α,β-unsaturated/α-hetero) is 1. The number of para-hydroxylation sites is 2. The van der Waals surface area contributed by atoms with Crippen LogP contribution in [0.1, 0.15) is 66.5 Å². The Morgan fingerprint density at radius 2 is 1.71 bits per heavy atom. The van der Waals surface area contributed by atoms with Gasteiger partial charge in [-0.1, -0.05) is 80.3 Å². The summed E-state index contributed by atoms with van der Waals surface area (Å²) in [6.45, 7) is 1.95. The number of ether oxygens (including phenoxy) is 1. The molecule has 6 rings (SSSR count). The second-order valence-electron chi connectivity index (χ2n) is 11.0. The van der Waals surface area contributed by atoms with E-state index in [1.807, 2.05) is 73.7 Å². The molecule has 8 heteroatoms. The van der Waals surface area contributed by atoms with E-state index in [-0.39, 0.29) is 36.0 Å². The number of oxazole rings is 1. The normalized spacial score (nSPS) is 20.4. The van der Waals surface area contributed by atoms with Crippen molar-refractivity contribution in [3.05, 3.63) is 89.3 Å². The van der Waals surface area contributed by atoms with Crippen molar-refractivity contribution in [2.45, 2.75) is 69.9 Å². The second-order valence-corrected chi connectivity index (χ2v) is 11.4. The Morgan fingerprint density at radius 3 is 2.44 bits per heavy atom. The summed E-state index contributed by atoms with van der Waals surface area (Å²) in [6.07, 6.45) is 5.60. The van der Waals surface area contributed by atoms with E-state index >= 15 is 0 Å². The van der Waals surface area contributed by atoms with Gasteiger partial charge in [-0.15, -0.1) is 0 Å². The minimum Gasteiger partial charge on any atom is -0.434 e. The lowest BCUT2D eigenvalue weighted by Crippen LogP contribution is -2.48. The number of rotatable bonds is 10. The lowest BCUT2D eigenvalue weighted by Gasteiger charge is -2.30. The predicted octanol–water partition coefficient (Wildman–Crippen LogP) is 6.80. The van der Waals surface area contributed by atoms with Gasteiger partial charge < -0.3 is 14.5 Å². The number of hydrogen-bond acceptors (Lipinski definition) is 6. The molecule has 2 unspecified atom stereocenters. The average molecular weight is 572 g/mol. The molecule has 1 saturated heterocycles. The summed E-state index contributed by atoms with van der Waals surface area (Å²) in [4.78, 5) is 31.0. The molecule has 0 radical (unpaired) electrons. The summed E-state index contributed by atoms with van der Waals surface area (Å²) < 4.78 is 11.8. The van der Waals surface area contributed by atoms with Gasteiger partial charge in [0.15, 0.2) is 5.58 Å². The van der Waals surface area contributed by atoms with E-state index in [1.165, 1.54) is 6.42 Å². The summed E-state index contributed by atoms with van der Waals surface area (Å²) >= 11 is 6.36. The molecule has 41 heavy (non-hydrogen) atoms. The highest BCUT2D eigenvalue weighted by molar-refractivity contribution is 6.33. The van der Waals surface area contributed by atoms with Crippen molar-refractivity contribution in [3.8, 4) is 11.1 Å². The van der Waals surface area contributed by atoms with Crippen molar-refractivity contribution in [2.75, 3.05) is 0 Å². The van der Waals surface area contributed by atoms with Crippen molar-refractivity contribution in [1.82, 2.24) is 15.6 Å². The van der Waals surface area contributed by atoms with Crippen molar-refractivity contribution >= 4 is 34.4 Å². The van der Waals surface area contributed by atoms with Crippen LogP contribution in [0, 0.1) is 5.92 Å². The summed E-state index contributed by atoms with van der Waals surface area (Å²) in [5, 5.41) is 7.32. The highest BCUT2D eigenvalue weighted by atomic mass is 35.5. The van der Waals surface area contributed by atoms with E-state index in [9.17, 15) is 9.59 Å².